The van der Waals surface area contributed by atoms with E-state index in [1.807, 2.05) is 85.3 Å². The van der Waals surface area contributed by atoms with Crippen LogP contribution in [0.25, 0.3) is 11.8 Å². The Labute approximate surface area is 164 Å². The molecule has 1 heterocycles. The Bertz CT molecular complexity index is 1070. The van der Waals surface area contributed by atoms with E-state index in [4.69, 9.17) is 4.74 Å². The van der Waals surface area contributed by atoms with Crippen LogP contribution in [0.2, 0.25) is 0 Å². The largest absolute Gasteiger partial charge is 0.497 e. The zero-order valence-electron chi connectivity index (χ0n) is 16.1. The van der Waals surface area contributed by atoms with E-state index >= 15 is 0 Å². The predicted molar refractivity (Wildman–Crippen MR) is 110 cm³/mol. The normalized spacial score (nSPS) is 11.0. The summed E-state index contributed by atoms with van der Waals surface area (Å²) in [6.45, 7) is 3.99. The third kappa shape index (κ3) is 4.13. The Hall–Kier alpha value is -3.78. The predicted octanol–water partition coefficient (Wildman–Crippen LogP) is 4.65. The van der Waals surface area contributed by atoms with E-state index in [9.17, 15) is 10.1 Å². The van der Waals surface area contributed by atoms with Crippen LogP contribution in [-0.4, -0.2) is 17.6 Å². The van der Waals surface area contributed by atoms with Crippen molar-refractivity contribution in [2.75, 3.05) is 12.4 Å². The molecule has 0 saturated carbocycles. The van der Waals surface area contributed by atoms with Crippen molar-refractivity contribution in [3.05, 3.63) is 83.2 Å². The number of anilines is 1. The standard InChI is InChI=1S/C23H21N3O2/c1-16-6-7-19(13-17(16)2)25-23(27)18(15-24)14-21-5-4-12-26(21)20-8-10-22(28-3)11-9-20/h4-14H,1-3H3,(H,25,27)/b18-14-. The first-order valence-electron chi connectivity index (χ1n) is 8.84. The number of carbonyl (C=O) groups excluding carboxylic acids is 1. The summed E-state index contributed by atoms with van der Waals surface area (Å²) >= 11 is 0. The maximum absolute atomic E-state index is 12.6. The lowest BCUT2D eigenvalue weighted by atomic mass is 10.1. The molecule has 1 N–H and O–H groups in total. The van der Waals surface area contributed by atoms with E-state index in [0.29, 0.717) is 5.69 Å². The van der Waals surface area contributed by atoms with Crippen LogP contribution in [0.5, 0.6) is 5.75 Å². The number of methoxy groups -OCH3 is 1. The monoisotopic (exact) mass is 371 g/mol. The zero-order chi connectivity index (χ0) is 20.1. The quantitative estimate of drug-likeness (QED) is 0.524. The molecule has 0 unspecified atom stereocenters. The van der Waals surface area contributed by atoms with Crippen LogP contribution < -0.4 is 10.1 Å². The third-order valence-electron chi connectivity index (χ3n) is 4.55. The third-order valence-corrected chi connectivity index (χ3v) is 4.55. The van der Waals surface area contributed by atoms with E-state index < -0.39 is 5.91 Å². The van der Waals surface area contributed by atoms with Crippen molar-refractivity contribution in [3.63, 3.8) is 0 Å². The molecule has 140 valence electrons. The molecule has 2 aromatic carbocycles. The molecule has 3 aromatic rings. The van der Waals surface area contributed by atoms with Crippen molar-refractivity contribution in [3.8, 4) is 17.5 Å². The molecule has 0 saturated heterocycles. The molecular formula is C23H21N3O2. The number of benzene rings is 2. The Balaban J connectivity index is 1.86. The molecule has 0 radical (unpaired) electrons. The molecule has 28 heavy (non-hydrogen) atoms. The van der Waals surface area contributed by atoms with Gasteiger partial charge in [-0.25, -0.2) is 0 Å². The summed E-state index contributed by atoms with van der Waals surface area (Å²) in [5.74, 6) is 0.326. The molecule has 0 aliphatic heterocycles. The van der Waals surface area contributed by atoms with Gasteiger partial charge in [0.25, 0.3) is 5.91 Å². The number of aryl methyl sites for hydroxylation is 2. The maximum atomic E-state index is 12.6. The summed E-state index contributed by atoms with van der Waals surface area (Å²) in [5.41, 5.74) is 4.56. The first kappa shape index (κ1) is 19.0. The summed E-state index contributed by atoms with van der Waals surface area (Å²) in [6.07, 6.45) is 3.46. The van der Waals surface area contributed by atoms with Gasteiger partial charge in [-0.3, -0.25) is 4.79 Å². The van der Waals surface area contributed by atoms with Crippen LogP contribution in [-0.2, 0) is 4.79 Å². The molecule has 0 bridgehead atoms. The fourth-order valence-electron chi connectivity index (χ4n) is 2.80. The van der Waals surface area contributed by atoms with Crippen molar-refractivity contribution >= 4 is 17.7 Å². The summed E-state index contributed by atoms with van der Waals surface area (Å²) < 4.78 is 7.09. The van der Waals surface area contributed by atoms with Crippen LogP contribution in [0, 0.1) is 25.2 Å². The van der Waals surface area contributed by atoms with Crippen LogP contribution in [0.4, 0.5) is 5.69 Å². The van der Waals surface area contributed by atoms with Gasteiger partial charge in [0.2, 0.25) is 0 Å². The number of nitrogens with one attached hydrogen (secondary N) is 1. The van der Waals surface area contributed by atoms with Crippen LogP contribution in [0.15, 0.2) is 66.4 Å². The highest BCUT2D eigenvalue weighted by Gasteiger charge is 2.12. The highest BCUT2D eigenvalue weighted by Crippen LogP contribution is 2.20. The second kappa shape index (κ2) is 8.28. The van der Waals surface area contributed by atoms with Crippen LogP contribution in [0.3, 0.4) is 0 Å². The van der Waals surface area contributed by atoms with E-state index in [-0.39, 0.29) is 5.57 Å². The van der Waals surface area contributed by atoms with Gasteiger partial charge in [0.1, 0.15) is 17.4 Å². The van der Waals surface area contributed by atoms with Gasteiger partial charge in [-0.2, -0.15) is 5.26 Å². The van der Waals surface area contributed by atoms with Gasteiger partial charge >= 0.3 is 0 Å². The average molecular weight is 371 g/mol. The van der Waals surface area contributed by atoms with E-state index in [2.05, 4.69) is 5.32 Å². The molecule has 5 nitrogen and oxygen atoms in total. The smallest absolute Gasteiger partial charge is 0.266 e. The van der Waals surface area contributed by atoms with Gasteiger partial charge in [0, 0.05) is 23.3 Å². The number of nitrogens with zero attached hydrogens (tertiary/aromatic N) is 2. The molecule has 0 aliphatic rings. The summed E-state index contributed by atoms with van der Waals surface area (Å²) in [6, 6.07) is 18.9. The van der Waals surface area contributed by atoms with Crippen molar-refractivity contribution in [1.82, 2.24) is 4.57 Å². The van der Waals surface area contributed by atoms with Gasteiger partial charge in [0.05, 0.1) is 7.11 Å². The average Bonchev–Trinajstić information content (AvgIpc) is 3.17. The number of amides is 1. The summed E-state index contributed by atoms with van der Waals surface area (Å²) in [7, 11) is 1.62. The van der Waals surface area contributed by atoms with Gasteiger partial charge in [-0.05, 0) is 79.6 Å². The molecule has 1 amide bonds. The topological polar surface area (TPSA) is 67.0 Å². The van der Waals surface area contributed by atoms with Gasteiger partial charge < -0.3 is 14.6 Å². The second-order valence-corrected chi connectivity index (χ2v) is 6.42. The first-order valence-corrected chi connectivity index (χ1v) is 8.84. The SMILES string of the molecule is COc1ccc(-n2cccc2/C=C(/C#N)C(=O)Nc2ccc(C)c(C)c2)cc1. The lowest BCUT2D eigenvalue weighted by Crippen LogP contribution is -2.14. The van der Waals surface area contributed by atoms with Crippen molar-refractivity contribution in [1.29, 1.82) is 5.26 Å². The zero-order valence-corrected chi connectivity index (χ0v) is 16.1. The maximum Gasteiger partial charge on any atom is 0.266 e. The molecule has 1 aromatic heterocycles. The highest BCUT2D eigenvalue weighted by molar-refractivity contribution is 6.09. The number of aromatic nitrogens is 1. The Morgan fingerprint density at radius 1 is 1.11 bits per heavy atom. The molecule has 0 spiro atoms. The van der Waals surface area contributed by atoms with Gasteiger partial charge in [-0.1, -0.05) is 6.07 Å². The van der Waals surface area contributed by atoms with Crippen molar-refractivity contribution in [2.24, 2.45) is 0 Å². The lowest BCUT2D eigenvalue weighted by Gasteiger charge is -2.09. The Morgan fingerprint density at radius 3 is 2.50 bits per heavy atom. The highest BCUT2D eigenvalue weighted by atomic mass is 16.5. The van der Waals surface area contributed by atoms with Gasteiger partial charge in [-0.15, -0.1) is 0 Å². The second-order valence-electron chi connectivity index (χ2n) is 6.42. The van der Waals surface area contributed by atoms with Crippen molar-refractivity contribution in [2.45, 2.75) is 13.8 Å². The number of carbonyl (C=O) groups is 1. The number of nitriles is 1. The van der Waals surface area contributed by atoms with E-state index in [1.54, 1.807) is 13.2 Å². The molecule has 0 fully saturated rings. The fourth-order valence-corrected chi connectivity index (χ4v) is 2.80. The first-order chi connectivity index (χ1) is 13.5. The minimum Gasteiger partial charge on any atom is -0.497 e. The number of hydrogen-bond acceptors (Lipinski definition) is 3. The molecular weight excluding hydrogens is 350 g/mol. The Morgan fingerprint density at radius 2 is 1.86 bits per heavy atom. The fraction of sp³-hybridized carbons (Fsp3) is 0.130. The molecule has 0 aliphatic carbocycles. The molecule has 5 heteroatoms. The Kier molecular flexibility index (Phi) is 5.61. The lowest BCUT2D eigenvalue weighted by molar-refractivity contribution is -0.112. The number of ether oxygens (including phenoxy) is 1. The minimum absolute atomic E-state index is 0.0340. The summed E-state index contributed by atoms with van der Waals surface area (Å²) in [5, 5.41) is 12.3. The van der Waals surface area contributed by atoms with Crippen LogP contribution in [0.1, 0.15) is 16.8 Å². The minimum atomic E-state index is -0.437. The van der Waals surface area contributed by atoms with Gasteiger partial charge in [0.15, 0.2) is 0 Å². The molecule has 3 rings (SSSR count). The van der Waals surface area contributed by atoms with E-state index in [0.717, 1.165) is 28.3 Å². The summed E-state index contributed by atoms with van der Waals surface area (Å²) in [4.78, 5) is 12.6. The number of rotatable bonds is 5. The van der Waals surface area contributed by atoms with E-state index in [1.165, 1.54) is 0 Å². The van der Waals surface area contributed by atoms with Crippen LogP contribution >= 0.6 is 0 Å². The van der Waals surface area contributed by atoms with Crippen molar-refractivity contribution < 1.29 is 9.53 Å². The number of hydrogen-bond donors (Lipinski definition) is 1. The molecule has 0 atom stereocenters.